The van der Waals surface area contributed by atoms with Gasteiger partial charge in [0.25, 0.3) is 0 Å². The summed E-state index contributed by atoms with van der Waals surface area (Å²) in [5.74, 6) is -0.227. The van der Waals surface area contributed by atoms with Gasteiger partial charge in [-0.15, -0.1) is 0 Å². The highest BCUT2D eigenvalue weighted by atomic mass is 31.2. The summed E-state index contributed by atoms with van der Waals surface area (Å²) in [5.41, 5.74) is 0. The van der Waals surface area contributed by atoms with Gasteiger partial charge in [0, 0.05) is 19.3 Å². The number of carbonyl (C=O) groups excluding carboxylic acids is 3. The van der Waals surface area contributed by atoms with Gasteiger partial charge in [0.2, 0.25) is 0 Å². The number of phosphoric acid groups is 2. The monoisotopic (exact) mass is 864 g/mol. The van der Waals surface area contributed by atoms with Crippen molar-refractivity contribution in [3.8, 4) is 0 Å². The number of ether oxygens (including phenoxy) is 2. The molecule has 0 aromatic rings. The van der Waals surface area contributed by atoms with Crippen molar-refractivity contribution in [3.63, 3.8) is 0 Å². The number of hydrogen-bond donors (Lipinski definition) is 4. The number of hydrogen-bond acceptors (Lipinski definition) is 11. The first-order valence-corrected chi connectivity index (χ1v) is 24.2. The molecule has 0 fully saturated rings. The van der Waals surface area contributed by atoms with E-state index in [1.807, 2.05) is 36.5 Å². The maximum Gasteiger partial charge on any atom is 0.472 e. The smallest absolute Gasteiger partial charge is 0.462 e. The zero-order valence-corrected chi connectivity index (χ0v) is 37.1. The van der Waals surface area contributed by atoms with Crippen LogP contribution in [0.15, 0.2) is 48.6 Å². The molecule has 0 spiro atoms. The summed E-state index contributed by atoms with van der Waals surface area (Å²) in [5, 5.41) is 9.73. The Hall–Kier alpha value is -2.25. The van der Waals surface area contributed by atoms with E-state index in [1.165, 1.54) is 38.5 Å². The predicted molar refractivity (Wildman–Crippen MR) is 226 cm³/mol. The maximum atomic E-state index is 12.6. The third-order valence-corrected chi connectivity index (χ3v) is 10.1. The number of aliphatic hydroxyl groups excluding tert-OH is 1. The molecule has 336 valence electrons. The second-order valence-corrected chi connectivity index (χ2v) is 17.5. The number of carbonyl (C=O) groups is 3. The first-order chi connectivity index (χ1) is 27.6. The Morgan fingerprint density at radius 3 is 1.79 bits per heavy atom. The normalized spacial score (nSPS) is 14.6. The number of rotatable bonds is 39. The first kappa shape index (κ1) is 55.8. The van der Waals surface area contributed by atoms with E-state index in [-0.39, 0.29) is 18.6 Å². The van der Waals surface area contributed by atoms with E-state index >= 15 is 0 Å². The number of aliphatic hydroxyl groups is 1. The molecule has 0 aromatic heterocycles. The third-order valence-electron chi connectivity index (χ3n) is 8.61. The van der Waals surface area contributed by atoms with Crippen molar-refractivity contribution in [2.24, 2.45) is 5.92 Å². The van der Waals surface area contributed by atoms with Crippen molar-refractivity contribution >= 4 is 33.4 Å². The Balaban J connectivity index is 4.66. The Morgan fingerprint density at radius 1 is 0.603 bits per heavy atom. The molecule has 16 heteroatoms. The summed E-state index contributed by atoms with van der Waals surface area (Å²) in [6.45, 7) is 3.79. The van der Waals surface area contributed by atoms with Crippen molar-refractivity contribution in [2.45, 2.75) is 168 Å². The van der Waals surface area contributed by atoms with E-state index in [4.69, 9.17) is 23.8 Å². The van der Waals surface area contributed by atoms with Crippen LogP contribution in [0.2, 0.25) is 0 Å². The van der Waals surface area contributed by atoms with Gasteiger partial charge in [0.05, 0.1) is 19.8 Å². The van der Waals surface area contributed by atoms with Gasteiger partial charge < -0.3 is 29.3 Å². The fourth-order valence-electron chi connectivity index (χ4n) is 5.36. The summed E-state index contributed by atoms with van der Waals surface area (Å²) in [7, 11) is -9.70. The highest BCUT2D eigenvalue weighted by Gasteiger charge is 2.28. The molecule has 0 radical (unpaired) electrons. The van der Waals surface area contributed by atoms with Crippen molar-refractivity contribution in [1.82, 2.24) is 0 Å². The number of phosphoric ester groups is 2. The van der Waals surface area contributed by atoms with Gasteiger partial charge in [-0.2, -0.15) is 0 Å². The molecule has 0 rings (SSSR count). The second kappa shape index (κ2) is 36.6. The topological polar surface area (TPSA) is 212 Å². The molecule has 0 aromatic carbocycles. The first-order valence-electron chi connectivity index (χ1n) is 21.1. The standard InChI is InChI=1S/C42H74O14P2/c1-4-5-23-29-38(43)30-25-20-16-12-7-6-8-13-17-21-26-31-41(45)52-35-40(36-55-58(50,51)54-34-39(44)33-53-57(47,48)49)56-42(46)32-27-22-18-14-10-9-11-15-19-24-28-37(2)3/h6-7,13,16-17,20,25,30,37,39-40,44H,4-5,8-12,14-15,18-19,21-24,26-29,31-36H2,1-3H3,(H,50,51)(H2,47,48,49)/b7-6-,17-13-,20-16-,30-25+/t39-,40+/m0/s1. The largest absolute Gasteiger partial charge is 0.472 e. The lowest BCUT2D eigenvalue weighted by Crippen LogP contribution is -2.30. The lowest BCUT2D eigenvalue weighted by molar-refractivity contribution is -0.161. The van der Waals surface area contributed by atoms with Crippen LogP contribution in [-0.2, 0) is 46.6 Å². The average Bonchev–Trinajstić information content (AvgIpc) is 3.16. The van der Waals surface area contributed by atoms with E-state index in [0.717, 1.165) is 63.7 Å². The van der Waals surface area contributed by atoms with Crippen LogP contribution in [0.25, 0.3) is 0 Å². The van der Waals surface area contributed by atoms with Gasteiger partial charge in [0.1, 0.15) is 12.7 Å². The molecule has 1 unspecified atom stereocenters. The fraction of sp³-hybridized carbons (Fsp3) is 0.738. The lowest BCUT2D eigenvalue weighted by atomic mass is 10.0. The number of allylic oxidation sites excluding steroid dienone is 8. The van der Waals surface area contributed by atoms with Crippen LogP contribution >= 0.6 is 15.6 Å². The van der Waals surface area contributed by atoms with Crippen molar-refractivity contribution in [1.29, 1.82) is 0 Å². The summed E-state index contributed by atoms with van der Waals surface area (Å²) < 4.78 is 47.6. The Morgan fingerprint density at radius 2 is 1.16 bits per heavy atom. The summed E-state index contributed by atoms with van der Waals surface area (Å²) >= 11 is 0. The van der Waals surface area contributed by atoms with Crippen LogP contribution in [-0.4, -0.2) is 76.1 Å². The molecule has 0 aliphatic rings. The minimum Gasteiger partial charge on any atom is -0.462 e. The second-order valence-electron chi connectivity index (χ2n) is 14.8. The SMILES string of the molecule is CCCCCC(=O)/C=C/C=C\C/C=C\C/C=C\CCCC(=O)OC[C@H](COP(=O)(O)OC[C@@H](O)COP(=O)(O)O)OC(=O)CCCCCCCCCCCCC(C)C. The molecule has 0 aliphatic heterocycles. The van der Waals surface area contributed by atoms with Crippen molar-refractivity contribution in [3.05, 3.63) is 48.6 Å². The van der Waals surface area contributed by atoms with E-state index in [9.17, 15) is 33.5 Å². The number of ketones is 1. The van der Waals surface area contributed by atoms with Gasteiger partial charge in [0.15, 0.2) is 11.9 Å². The van der Waals surface area contributed by atoms with Crippen molar-refractivity contribution < 1.29 is 66.3 Å². The lowest BCUT2D eigenvalue weighted by Gasteiger charge is -2.20. The van der Waals surface area contributed by atoms with Crippen LogP contribution < -0.4 is 0 Å². The molecule has 0 heterocycles. The summed E-state index contributed by atoms with van der Waals surface area (Å²) in [6, 6.07) is 0. The van der Waals surface area contributed by atoms with Gasteiger partial charge in [-0.25, -0.2) is 9.13 Å². The molecule has 4 N–H and O–H groups in total. The molecule has 0 saturated carbocycles. The minimum absolute atomic E-state index is 0.0927. The van der Waals surface area contributed by atoms with Gasteiger partial charge >= 0.3 is 27.6 Å². The van der Waals surface area contributed by atoms with E-state index in [2.05, 4.69) is 29.8 Å². The summed E-state index contributed by atoms with van der Waals surface area (Å²) in [6.07, 6.45) is 31.1. The highest BCUT2D eigenvalue weighted by molar-refractivity contribution is 7.47. The molecular formula is C42H74O14P2. The Bertz CT molecular complexity index is 1290. The van der Waals surface area contributed by atoms with Crippen LogP contribution in [0.5, 0.6) is 0 Å². The molecule has 14 nitrogen and oxygen atoms in total. The average molecular weight is 865 g/mol. The molecular weight excluding hydrogens is 790 g/mol. The van der Waals surface area contributed by atoms with Crippen LogP contribution in [0.1, 0.15) is 156 Å². The molecule has 0 aliphatic carbocycles. The van der Waals surface area contributed by atoms with Crippen LogP contribution in [0.3, 0.4) is 0 Å². The van der Waals surface area contributed by atoms with Crippen LogP contribution in [0, 0.1) is 5.92 Å². The maximum absolute atomic E-state index is 12.6. The molecule has 58 heavy (non-hydrogen) atoms. The minimum atomic E-state index is -4.87. The van der Waals surface area contributed by atoms with E-state index in [1.54, 1.807) is 12.2 Å². The van der Waals surface area contributed by atoms with Crippen LogP contribution in [0.4, 0.5) is 0 Å². The Labute approximate surface area is 347 Å². The van der Waals surface area contributed by atoms with Gasteiger partial charge in [-0.05, 0) is 50.5 Å². The predicted octanol–water partition coefficient (Wildman–Crippen LogP) is 9.71. The quantitative estimate of drug-likeness (QED) is 0.0113. The number of unbranched alkanes of at least 4 members (excludes halogenated alkanes) is 12. The Kier molecular flexibility index (Phi) is 35.2. The van der Waals surface area contributed by atoms with Gasteiger partial charge in [-0.3, -0.25) is 28.0 Å². The molecule has 0 amide bonds. The molecule has 3 atom stereocenters. The highest BCUT2D eigenvalue weighted by Crippen LogP contribution is 2.43. The molecule has 0 saturated heterocycles. The fourth-order valence-corrected chi connectivity index (χ4v) is 6.52. The van der Waals surface area contributed by atoms with Crippen molar-refractivity contribution in [2.75, 3.05) is 26.4 Å². The van der Waals surface area contributed by atoms with E-state index < -0.39 is 66.2 Å². The zero-order chi connectivity index (χ0) is 43.3. The third kappa shape index (κ3) is 40.5. The van der Waals surface area contributed by atoms with Gasteiger partial charge in [-0.1, -0.05) is 140 Å². The molecule has 0 bridgehead atoms. The summed E-state index contributed by atoms with van der Waals surface area (Å²) in [4.78, 5) is 64.3. The zero-order valence-electron chi connectivity index (χ0n) is 35.3. The number of esters is 2. The van der Waals surface area contributed by atoms with E-state index in [0.29, 0.717) is 25.7 Å².